The normalized spacial score (nSPS) is 13.8. The molecular formula is C40H47BrFN3O3. The summed E-state index contributed by atoms with van der Waals surface area (Å²) < 4.78 is 29.1. The van der Waals surface area contributed by atoms with Crippen molar-refractivity contribution in [1.29, 1.82) is 0 Å². The SMILES string of the molecule is CCOC(=O)C(C)Cc1cccc(C(C)(CCCC(C)(C)CC)c2cn(C)c(-c3cccc(Oc4c(F)cc5[nH]ccc5c4Br)c3)n2)c1. The minimum atomic E-state index is -0.456. The standard InChI is InChI=1S/C40H47BrFN3O3/c1-8-39(4,5)18-12-19-40(6,29-15-10-13-27(22-29)21-26(3)38(46)47-9-2)34-25-45(7)37(44-34)28-14-11-16-30(23-28)48-36-32(42)24-33-31(35(36)41)17-20-43-33/h10-11,13-17,20,22-26,43H,8-9,12,18-19,21H2,1-7H3. The Bertz CT molecular complexity index is 1890. The second-order valence-corrected chi connectivity index (χ2v) is 14.7. The van der Waals surface area contributed by atoms with Crippen LogP contribution in [0.4, 0.5) is 4.39 Å². The zero-order chi connectivity index (χ0) is 34.6. The lowest BCUT2D eigenvalue weighted by atomic mass is 9.73. The number of rotatable bonds is 14. The third-order valence-corrected chi connectivity index (χ3v) is 10.5. The van der Waals surface area contributed by atoms with Crippen LogP contribution in [-0.4, -0.2) is 27.1 Å². The molecule has 2 unspecified atom stereocenters. The van der Waals surface area contributed by atoms with Crippen molar-refractivity contribution in [2.75, 3.05) is 6.61 Å². The van der Waals surface area contributed by atoms with E-state index in [1.54, 1.807) is 6.20 Å². The van der Waals surface area contributed by atoms with Gasteiger partial charge in [0.1, 0.15) is 11.6 Å². The van der Waals surface area contributed by atoms with Crippen molar-refractivity contribution in [1.82, 2.24) is 14.5 Å². The van der Waals surface area contributed by atoms with E-state index in [1.165, 1.54) is 11.6 Å². The topological polar surface area (TPSA) is 69.1 Å². The van der Waals surface area contributed by atoms with E-state index in [1.807, 2.05) is 51.2 Å². The Labute approximate surface area is 292 Å². The number of nitrogens with zero attached hydrogens (tertiary/aromatic N) is 2. The summed E-state index contributed by atoms with van der Waals surface area (Å²) in [6.07, 6.45) is 8.70. The van der Waals surface area contributed by atoms with E-state index < -0.39 is 5.82 Å². The molecule has 6 nitrogen and oxygen atoms in total. The van der Waals surface area contributed by atoms with Crippen molar-refractivity contribution in [2.24, 2.45) is 18.4 Å². The van der Waals surface area contributed by atoms with E-state index in [9.17, 15) is 4.79 Å². The predicted octanol–water partition coefficient (Wildman–Crippen LogP) is 10.9. The summed E-state index contributed by atoms with van der Waals surface area (Å²) >= 11 is 3.54. The number of aromatic amines is 1. The van der Waals surface area contributed by atoms with Gasteiger partial charge in [-0.15, -0.1) is 0 Å². The van der Waals surface area contributed by atoms with Gasteiger partial charge >= 0.3 is 5.97 Å². The first-order chi connectivity index (χ1) is 22.8. The Hall–Kier alpha value is -3.91. The molecule has 0 saturated heterocycles. The lowest BCUT2D eigenvalue weighted by molar-refractivity contribution is -0.147. The molecular weight excluding hydrogens is 669 g/mol. The van der Waals surface area contributed by atoms with Crippen LogP contribution >= 0.6 is 15.9 Å². The molecule has 0 bridgehead atoms. The van der Waals surface area contributed by atoms with Gasteiger partial charge in [0.05, 0.1) is 22.7 Å². The monoisotopic (exact) mass is 715 g/mol. The smallest absolute Gasteiger partial charge is 0.308 e. The van der Waals surface area contributed by atoms with Crippen molar-refractivity contribution in [2.45, 2.75) is 79.1 Å². The molecule has 0 radical (unpaired) electrons. The number of carbonyl (C=O) groups excluding carboxylic acids is 1. The maximum absolute atomic E-state index is 15.1. The number of nitrogens with one attached hydrogen (secondary N) is 1. The van der Waals surface area contributed by atoms with Crippen LogP contribution in [0.5, 0.6) is 11.5 Å². The Morgan fingerprint density at radius 1 is 1.06 bits per heavy atom. The highest BCUT2D eigenvalue weighted by molar-refractivity contribution is 9.10. The molecule has 0 fully saturated rings. The van der Waals surface area contributed by atoms with Crippen LogP contribution in [0.2, 0.25) is 0 Å². The van der Waals surface area contributed by atoms with Gasteiger partial charge in [0.2, 0.25) is 0 Å². The third-order valence-electron chi connectivity index (χ3n) is 9.74. The van der Waals surface area contributed by atoms with Crippen LogP contribution in [-0.2, 0) is 28.4 Å². The van der Waals surface area contributed by atoms with Crippen molar-refractivity contribution in [3.63, 3.8) is 0 Å². The highest BCUT2D eigenvalue weighted by Gasteiger charge is 2.33. The first kappa shape index (κ1) is 35.4. The first-order valence-corrected chi connectivity index (χ1v) is 17.7. The van der Waals surface area contributed by atoms with Crippen LogP contribution in [0.25, 0.3) is 22.3 Å². The molecule has 2 aromatic heterocycles. The van der Waals surface area contributed by atoms with Gasteiger partial charge in [-0.3, -0.25) is 4.79 Å². The molecule has 8 heteroatoms. The van der Waals surface area contributed by atoms with E-state index in [2.05, 4.69) is 83.6 Å². The second kappa shape index (κ2) is 14.7. The van der Waals surface area contributed by atoms with E-state index in [4.69, 9.17) is 14.5 Å². The van der Waals surface area contributed by atoms with E-state index in [-0.39, 0.29) is 28.5 Å². The van der Waals surface area contributed by atoms with Gasteiger partial charge in [0.25, 0.3) is 0 Å². The molecule has 5 rings (SSSR count). The van der Waals surface area contributed by atoms with Crippen LogP contribution in [0.1, 0.15) is 84.0 Å². The number of halogens is 2. The molecule has 2 atom stereocenters. The fourth-order valence-corrected chi connectivity index (χ4v) is 6.92. The molecule has 0 aliphatic rings. The molecule has 254 valence electrons. The highest BCUT2D eigenvalue weighted by atomic mass is 79.9. The average Bonchev–Trinajstić information content (AvgIpc) is 3.70. The second-order valence-electron chi connectivity index (χ2n) is 13.9. The van der Waals surface area contributed by atoms with Crippen molar-refractivity contribution in [3.8, 4) is 22.9 Å². The zero-order valence-electron chi connectivity index (χ0n) is 29.1. The van der Waals surface area contributed by atoms with Gasteiger partial charge < -0.3 is 19.0 Å². The number of ether oxygens (including phenoxy) is 2. The number of benzene rings is 3. The van der Waals surface area contributed by atoms with Gasteiger partial charge in [0.15, 0.2) is 11.6 Å². The Morgan fingerprint density at radius 2 is 1.83 bits per heavy atom. The Kier molecular flexibility index (Phi) is 10.8. The predicted molar refractivity (Wildman–Crippen MR) is 195 cm³/mol. The largest absolute Gasteiger partial charge is 0.466 e. The molecule has 5 aromatic rings. The van der Waals surface area contributed by atoms with Crippen molar-refractivity contribution >= 4 is 32.8 Å². The highest BCUT2D eigenvalue weighted by Crippen LogP contribution is 2.41. The molecule has 0 amide bonds. The summed E-state index contributed by atoms with van der Waals surface area (Å²) in [5.41, 5.74) is 4.69. The fraction of sp³-hybridized carbons (Fsp3) is 0.400. The minimum absolute atomic E-state index is 0.138. The van der Waals surface area contributed by atoms with Crippen LogP contribution < -0.4 is 4.74 Å². The van der Waals surface area contributed by atoms with Crippen LogP contribution in [0.3, 0.4) is 0 Å². The number of aromatic nitrogens is 3. The molecule has 0 aliphatic carbocycles. The van der Waals surface area contributed by atoms with Gasteiger partial charge in [-0.1, -0.05) is 76.9 Å². The van der Waals surface area contributed by atoms with Crippen LogP contribution in [0, 0.1) is 17.2 Å². The van der Waals surface area contributed by atoms with Gasteiger partial charge in [-0.05, 0) is 83.8 Å². The number of imidazole rings is 1. The lowest BCUT2D eigenvalue weighted by Gasteiger charge is -2.31. The zero-order valence-corrected chi connectivity index (χ0v) is 30.7. The molecule has 48 heavy (non-hydrogen) atoms. The Morgan fingerprint density at radius 3 is 2.58 bits per heavy atom. The molecule has 3 aromatic carbocycles. The summed E-state index contributed by atoms with van der Waals surface area (Å²) in [5.74, 6) is 0.588. The van der Waals surface area contributed by atoms with Crippen molar-refractivity contribution < 1.29 is 18.7 Å². The quantitative estimate of drug-likeness (QED) is 0.116. The van der Waals surface area contributed by atoms with E-state index in [0.717, 1.165) is 53.7 Å². The number of H-pyrrole nitrogens is 1. The number of aryl methyl sites for hydroxylation is 1. The molecule has 0 saturated carbocycles. The number of hydrogen-bond donors (Lipinski definition) is 1. The van der Waals surface area contributed by atoms with Crippen molar-refractivity contribution in [3.05, 3.63) is 100 Å². The third kappa shape index (κ3) is 7.70. The Balaban J connectivity index is 1.48. The summed E-state index contributed by atoms with van der Waals surface area (Å²) in [5, 5.41) is 0.845. The molecule has 1 N–H and O–H groups in total. The maximum Gasteiger partial charge on any atom is 0.308 e. The number of esters is 1. The van der Waals surface area contributed by atoms with Crippen LogP contribution in [0.15, 0.2) is 77.5 Å². The molecule has 2 heterocycles. The summed E-state index contributed by atoms with van der Waals surface area (Å²) in [6, 6.07) is 19.5. The maximum atomic E-state index is 15.1. The lowest BCUT2D eigenvalue weighted by Crippen LogP contribution is -2.26. The van der Waals surface area contributed by atoms with E-state index in [0.29, 0.717) is 28.8 Å². The summed E-state index contributed by atoms with van der Waals surface area (Å²) in [7, 11) is 2.01. The minimum Gasteiger partial charge on any atom is -0.466 e. The summed E-state index contributed by atoms with van der Waals surface area (Å²) in [4.78, 5) is 20.7. The number of fused-ring (bicyclic) bond motifs is 1. The molecule has 0 aliphatic heterocycles. The van der Waals surface area contributed by atoms with Gasteiger partial charge in [-0.2, -0.15) is 0 Å². The van der Waals surface area contributed by atoms with Gasteiger partial charge in [-0.25, -0.2) is 9.37 Å². The number of carbonyl (C=O) groups is 1. The first-order valence-electron chi connectivity index (χ1n) is 16.9. The van der Waals surface area contributed by atoms with Gasteiger partial charge in [0, 0.05) is 47.4 Å². The summed E-state index contributed by atoms with van der Waals surface area (Å²) in [6.45, 7) is 13.3. The fourth-order valence-electron chi connectivity index (χ4n) is 6.30. The van der Waals surface area contributed by atoms with E-state index >= 15 is 4.39 Å². The molecule has 0 spiro atoms. The average molecular weight is 717 g/mol. The number of hydrogen-bond acceptors (Lipinski definition) is 4.